The maximum atomic E-state index is 6.08. The van der Waals surface area contributed by atoms with Crippen LogP contribution in [-0.4, -0.2) is 18.6 Å². The molecule has 1 atom stereocenters. The first-order valence-electron chi connectivity index (χ1n) is 7.17. The van der Waals surface area contributed by atoms with Gasteiger partial charge in [0.25, 0.3) is 0 Å². The van der Waals surface area contributed by atoms with E-state index in [-0.39, 0.29) is 6.04 Å². The first-order chi connectivity index (χ1) is 10.0. The van der Waals surface area contributed by atoms with E-state index in [0.29, 0.717) is 6.54 Å². The van der Waals surface area contributed by atoms with Gasteiger partial charge in [0.2, 0.25) is 0 Å². The molecular weight excluding hydrogens is 282 g/mol. The average Bonchev–Trinajstić information content (AvgIpc) is 2.46. The summed E-state index contributed by atoms with van der Waals surface area (Å²) in [5, 5.41) is 0.760. The summed E-state index contributed by atoms with van der Waals surface area (Å²) in [6.07, 6.45) is 2.78. The highest BCUT2D eigenvalue weighted by atomic mass is 35.5. The number of aromatic nitrogens is 1. The van der Waals surface area contributed by atoms with Gasteiger partial charge in [0.15, 0.2) is 0 Å². The van der Waals surface area contributed by atoms with Gasteiger partial charge in [-0.2, -0.15) is 0 Å². The number of benzene rings is 1. The van der Waals surface area contributed by atoms with Gasteiger partial charge >= 0.3 is 0 Å². The molecule has 4 heteroatoms. The number of hydrogen-bond donors (Lipinski definition) is 1. The lowest BCUT2D eigenvalue weighted by Gasteiger charge is -2.28. The highest BCUT2D eigenvalue weighted by molar-refractivity contribution is 6.30. The second-order valence-corrected chi connectivity index (χ2v) is 5.80. The number of pyridine rings is 1. The number of nitrogens with two attached hydrogens (primary N) is 1. The zero-order valence-electron chi connectivity index (χ0n) is 12.8. The second kappa shape index (κ2) is 6.92. The van der Waals surface area contributed by atoms with Crippen LogP contribution in [0.25, 0.3) is 0 Å². The molecule has 0 spiro atoms. The Kier molecular flexibility index (Phi) is 5.21. The molecule has 112 valence electrons. The summed E-state index contributed by atoms with van der Waals surface area (Å²) in [6.45, 7) is 4.89. The molecule has 2 N–H and O–H groups in total. The van der Waals surface area contributed by atoms with E-state index >= 15 is 0 Å². The number of halogens is 1. The van der Waals surface area contributed by atoms with Gasteiger partial charge in [-0.05, 0) is 55.6 Å². The fourth-order valence-electron chi connectivity index (χ4n) is 2.47. The first-order valence-corrected chi connectivity index (χ1v) is 7.54. The molecule has 0 radical (unpaired) electrons. The fraction of sp³-hybridized carbons (Fsp3) is 0.353. The minimum Gasteiger partial charge on any atom is -0.353 e. The van der Waals surface area contributed by atoms with Crippen molar-refractivity contribution in [2.24, 2.45) is 5.73 Å². The molecular formula is C17H22ClN3. The van der Waals surface area contributed by atoms with E-state index in [9.17, 15) is 0 Å². The Morgan fingerprint density at radius 1 is 1.33 bits per heavy atom. The molecule has 0 amide bonds. The molecule has 1 heterocycles. The number of rotatable bonds is 5. The average molecular weight is 304 g/mol. The Labute approximate surface area is 131 Å². The van der Waals surface area contributed by atoms with E-state index in [0.717, 1.165) is 22.8 Å². The van der Waals surface area contributed by atoms with Crippen LogP contribution in [0.4, 0.5) is 5.82 Å². The molecule has 0 fully saturated rings. The molecule has 0 saturated carbocycles. The van der Waals surface area contributed by atoms with Gasteiger partial charge in [0.05, 0.1) is 6.04 Å². The molecule has 1 aromatic heterocycles. The molecule has 0 bridgehead atoms. The minimum absolute atomic E-state index is 0.204. The number of nitrogens with zero attached hydrogens (tertiary/aromatic N) is 2. The number of aryl methyl sites for hydroxylation is 1. The quantitative estimate of drug-likeness (QED) is 0.915. The second-order valence-electron chi connectivity index (χ2n) is 5.36. The van der Waals surface area contributed by atoms with Crippen LogP contribution >= 0.6 is 11.6 Å². The van der Waals surface area contributed by atoms with E-state index in [1.807, 2.05) is 24.4 Å². The summed E-state index contributed by atoms with van der Waals surface area (Å²) >= 11 is 6.08. The van der Waals surface area contributed by atoms with E-state index in [2.05, 4.69) is 42.9 Å². The van der Waals surface area contributed by atoms with E-state index in [1.165, 1.54) is 11.1 Å². The molecule has 0 saturated heterocycles. The lowest BCUT2D eigenvalue weighted by Crippen LogP contribution is -2.23. The van der Waals surface area contributed by atoms with Crippen LogP contribution in [0.1, 0.15) is 29.7 Å². The molecule has 0 aliphatic rings. The van der Waals surface area contributed by atoms with E-state index in [1.54, 1.807) is 0 Å². The largest absolute Gasteiger partial charge is 0.353 e. The molecule has 0 aliphatic carbocycles. The van der Waals surface area contributed by atoms with Crippen molar-refractivity contribution in [2.45, 2.75) is 26.3 Å². The lowest BCUT2D eigenvalue weighted by atomic mass is 10.1. The SMILES string of the molecule is Cc1cc(CCN)cnc1N(C)C(C)c1cccc(Cl)c1. The maximum absolute atomic E-state index is 6.08. The number of anilines is 1. The Bertz CT molecular complexity index is 613. The van der Waals surface area contributed by atoms with Crippen molar-refractivity contribution in [1.29, 1.82) is 0 Å². The highest BCUT2D eigenvalue weighted by Crippen LogP contribution is 2.27. The number of hydrogen-bond acceptors (Lipinski definition) is 3. The summed E-state index contributed by atoms with van der Waals surface area (Å²) in [4.78, 5) is 6.78. The van der Waals surface area contributed by atoms with Gasteiger partial charge in [0.1, 0.15) is 5.82 Å². The van der Waals surface area contributed by atoms with Crippen LogP contribution in [0, 0.1) is 6.92 Å². The highest BCUT2D eigenvalue weighted by Gasteiger charge is 2.15. The van der Waals surface area contributed by atoms with Crippen LogP contribution in [0.5, 0.6) is 0 Å². The van der Waals surface area contributed by atoms with E-state index < -0.39 is 0 Å². The van der Waals surface area contributed by atoms with E-state index in [4.69, 9.17) is 17.3 Å². The van der Waals surface area contributed by atoms with Crippen LogP contribution in [-0.2, 0) is 6.42 Å². The molecule has 3 nitrogen and oxygen atoms in total. The third-order valence-electron chi connectivity index (χ3n) is 3.79. The lowest BCUT2D eigenvalue weighted by molar-refractivity contribution is 0.725. The smallest absolute Gasteiger partial charge is 0.131 e. The molecule has 2 aromatic rings. The summed E-state index contributed by atoms with van der Waals surface area (Å²) < 4.78 is 0. The molecule has 1 aromatic carbocycles. The Morgan fingerprint density at radius 3 is 2.71 bits per heavy atom. The fourth-order valence-corrected chi connectivity index (χ4v) is 2.67. The van der Waals surface area contributed by atoms with Crippen molar-refractivity contribution in [1.82, 2.24) is 4.98 Å². The Hall–Kier alpha value is -1.58. The summed E-state index contributed by atoms with van der Waals surface area (Å²) in [7, 11) is 2.06. The molecule has 2 rings (SSSR count). The van der Waals surface area contributed by atoms with Crippen molar-refractivity contribution < 1.29 is 0 Å². The van der Waals surface area contributed by atoms with Gasteiger partial charge in [-0.15, -0.1) is 0 Å². The van der Waals surface area contributed by atoms with Crippen molar-refractivity contribution >= 4 is 17.4 Å². The molecule has 21 heavy (non-hydrogen) atoms. The predicted molar refractivity (Wildman–Crippen MR) is 90.0 cm³/mol. The van der Waals surface area contributed by atoms with Crippen molar-refractivity contribution in [3.63, 3.8) is 0 Å². The first kappa shape index (κ1) is 15.8. The van der Waals surface area contributed by atoms with Crippen LogP contribution in [0.3, 0.4) is 0 Å². The van der Waals surface area contributed by atoms with Gasteiger partial charge in [-0.25, -0.2) is 4.98 Å². The van der Waals surface area contributed by atoms with Crippen LogP contribution in [0.2, 0.25) is 5.02 Å². The zero-order valence-corrected chi connectivity index (χ0v) is 13.6. The van der Waals surface area contributed by atoms with Crippen molar-refractivity contribution in [3.05, 3.63) is 58.2 Å². The summed E-state index contributed by atoms with van der Waals surface area (Å²) in [5.74, 6) is 0.989. The zero-order chi connectivity index (χ0) is 15.4. The van der Waals surface area contributed by atoms with Gasteiger partial charge in [-0.1, -0.05) is 29.8 Å². The molecule has 0 aliphatic heterocycles. The molecule has 1 unspecified atom stereocenters. The Morgan fingerprint density at radius 2 is 2.10 bits per heavy atom. The maximum Gasteiger partial charge on any atom is 0.131 e. The standard InChI is InChI=1S/C17H22ClN3/c1-12-9-14(7-8-19)11-20-17(12)21(3)13(2)15-5-4-6-16(18)10-15/h4-6,9-11,13H,7-8,19H2,1-3H3. The topological polar surface area (TPSA) is 42.1 Å². The van der Waals surface area contributed by atoms with Crippen molar-refractivity contribution in [3.8, 4) is 0 Å². The summed E-state index contributed by atoms with van der Waals surface area (Å²) in [6, 6.07) is 10.3. The van der Waals surface area contributed by atoms with Crippen molar-refractivity contribution in [2.75, 3.05) is 18.5 Å². The normalized spacial score (nSPS) is 12.2. The predicted octanol–water partition coefficient (Wildman–Crippen LogP) is 3.74. The van der Waals surface area contributed by atoms with Crippen LogP contribution < -0.4 is 10.6 Å². The van der Waals surface area contributed by atoms with Crippen LogP contribution in [0.15, 0.2) is 36.5 Å². The monoisotopic (exact) mass is 303 g/mol. The minimum atomic E-state index is 0.204. The van der Waals surface area contributed by atoms with Gasteiger partial charge in [0, 0.05) is 18.3 Å². The van der Waals surface area contributed by atoms with Gasteiger partial charge in [-0.3, -0.25) is 0 Å². The van der Waals surface area contributed by atoms with Gasteiger partial charge < -0.3 is 10.6 Å². The third-order valence-corrected chi connectivity index (χ3v) is 4.02. The Balaban J connectivity index is 2.25. The summed E-state index contributed by atoms with van der Waals surface area (Å²) in [5.41, 5.74) is 9.12. The third kappa shape index (κ3) is 3.74.